The Morgan fingerprint density at radius 3 is 2.68 bits per heavy atom. The van der Waals surface area contributed by atoms with E-state index in [9.17, 15) is 4.79 Å². The van der Waals surface area contributed by atoms with E-state index in [0.717, 1.165) is 62.9 Å². The smallest absolute Gasteiger partial charge is 0.306 e. The Morgan fingerprint density at radius 2 is 1.92 bits per heavy atom. The summed E-state index contributed by atoms with van der Waals surface area (Å²) >= 11 is 0. The van der Waals surface area contributed by atoms with Crippen molar-refractivity contribution in [2.24, 2.45) is 46.3 Å². The fraction of sp³-hybridized carbons (Fsp3) is 0.909. The Hall–Kier alpha value is -0.870. The molecule has 11 atom stereocenters. The van der Waals surface area contributed by atoms with Crippen LogP contribution in [0.4, 0.5) is 0 Å². The number of esters is 1. The zero-order valence-corrected chi connectivity index (χ0v) is 24.2. The van der Waals surface area contributed by atoms with Crippen molar-refractivity contribution in [1.82, 2.24) is 0 Å². The van der Waals surface area contributed by atoms with Gasteiger partial charge in [0.05, 0.1) is 12.7 Å². The minimum Gasteiger partial charge on any atom is -0.462 e. The lowest BCUT2D eigenvalue weighted by Gasteiger charge is -2.58. The second-order valence-corrected chi connectivity index (χ2v) is 14.6. The lowest BCUT2D eigenvalue weighted by molar-refractivity contribution is -0.272. The summed E-state index contributed by atoms with van der Waals surface area (Å²) in [5.74, 6) is 3.77. The second-order valence-electron chi connectivity index (χ2n) is 14.6. The van der Waals surface area contributed by atoms with Gasteiger partial charge in [-0.05, 0) is 91.8 Å². The molecule has 2 heterocycles. The Labute approximate surface area is 225 Å². The highest BCUT2D eigenvalue weighted by Crippen LogP contribution is 2.70. The van der Waals surface area contributed by atoms with E-state index in [-0.39, 0.29) is 23.3 Å². The van der Waals surface area contributed by atoms with Crippen LogP contribution in [-0.4, -0.2) is 30.6 Å². The molecule has 0 N–H and O–H groups in total. The first kappa shape index (κ1) is 26.4. The quantitative estimate of drug-likeness (QED) is 0.214. The maximum atomic E-state index is 12.4. The van der Waals surface area contributed by atoms with Crippen LogP contribution in [0.5, 0.6) is 0 Å². The summed E-state index contributed by atoms with van der Waals surface area (Å²) < 4.78 is 19.4. The van der Waals surface area contributed by atoms with Gasteiger partial charge in [0, 0.05) is 25.2 Å². The Bertz CT molecular complexity index is 902. The van der Waals surface area contributed by atoms with E-state index in [1.807, 2.05) is 0 Å². The average Bonchev–Trinajstić information content (AvgIpc) is 3.31. The monoisotopic (exact) mass is 512 g/mol. The Kier molecular flexibility index (Phi) is 6.87. The highest BCUT2D eigenvalue weighted by molar-refractivity contribution is 5.69. The molecule has 0 amide bonds. The van der Waals surface area contributed by atoms with Crippen LogP contribution in [-0.2, 0) is 19.0 Å². The van der Waals surface area contributed by atoms with Gasteiger partial charge in [0.1, 0.15) is 6.10 Å². The van der Waals surface area contributed by atoms with Crippen molar-refractivity contribution in [3.05, 3.63) is 11.6 Å². The number of hydrogen-bond donors (Lipinski definition) is 0. The molecule has 1 spiro atoms. The molecule has 0 aromatic carbocycles. The SMILES string of the molecule is CCCCCC(=O)O[C@H]1CC[C@@]2(C)C(=CC[C@H]3[C@H]4C[C@H]5O[C@]6(CC[C@H](C)CO6)[C@@H](C)[C@@H]5[C@@]4(C)CC[C@@H]32)C1. The van der Waals surface area contributed by atoms with Crippen molar-refractivity contribution >= 4 is 5.97 Å². The summed E-state index contributed by atoms with van der Waals surface area (Å²) in [6, 6.07) is 0. The molecule has 0 aromatic heterocycles. The van der Waals surface area contributed by atoms with Gasteiger partial charge in [-0.2, -0.15) is 0 Å². The Morgan fingerprint density at radius 1 is 1.08 bits per heavy atom. The molecule has 6 rings (SSSR count). The molecule has 3 saturated carbocycles. The van der Waals surface area contributed by atoms with Gasteiger partial charge in [0.2, 0.25) is 0 Å². The van der Waals surface area contributed by atoms with E-state index in [1.54, 1.807) is 5.57 Å². The van der Waals surface area contributed by atoms with E-state index < -0.39 is 0 Å². The summed E-state index contributed by atoms with van der Waals surface area (Å²) in [5, 5.41) is 0. The van der Waals surface area contributed by atoms with Gasteiger partial charge >= 0.3 is 5.97 Å². The zero-order valence-electron chi connectivity index (χ0n) is 24.2. The minimum absolute atomic E-state index is 0.0190. The molecule has 37 heavy (non-hydrogen) atoms. The van der Waals surface area contributed by atoms with Gasteiger partial charge in [-0.1, -0.05) is 59.1 Å². The fourth-order valence-electron chi connectivity index (χ4n) is 10.5. The molecule has 208 valence electrons. The van der Waals surface area contributed by atoms with E-state index in [2.05, 4.69) is 40.7 Å². The number of fused-ring (bicyclic) bond motifs is 7. The molecule has 0 bridgehead atoms. The van der Waals surface area contributed by atoms with Crippen LogP contribution in [0.1, 0.15) is 118 Å². The van der Waals surface area contributed by atoms with E-state index in [4.69, 9.17) is 14.2 Å². The van der Waals surface area contributed by atoms with Crippen molar-refractivity contribution in [3.63, 3.8) is 0 Å². The maximum Gasteiger partial charge on any atom is 0.306 e. The Balaban J connectivity index is 1.15. The first-order chi connectivity index (χ1) is 17.7. The third-order valence-corrected chi connectivity index (χ3v) is 12.6. The first-order valence-corrected chi connectivity index (χ1v) is 15.9. The third kappa shape index (κ3) is 4.17. The molecule has 0 aromatic rings. The van der Waals surface area contributed by atoms with Crippen molar-refractivity contribution in [3.8, 4) is 0 Å². The number of ether oxygens (including phenoxy) is 3. The van der Waals surface area contributed by atoms with Gasteiger partial charge in [-0.25, -0.2) is 0 Å². The van der Waals surface area contributed by atoms with Gasteiger partial charge in [-0.3, -0.25) is 4.79 Å². The number of carbonyl (C=O) groups excluding carboxylic acids is 1. The molecule has 0 unspecified atom stereocenters. The van der Waals surface area contributed by atoms with E-state index >= 15 is 0 Å². The molecule has 4 heteroatoms. The predicted molar refractivity (Wildman–Crippen MR) is 146 cm³/mol. The summed E-state index contributed by atoms with van der Waals surface area (Å²) in [4.78, 5) is 12.4. The normalized spacial score (nSPS) is 50.6. The van der Waals surface area contributed by atoms with Gasteiger partial charge < -0.3 is 14.2 Å². The molecule has 2 aliphatic heterocycles. The first-order valence-electron chi connectivity index (χ1n) is 15.9. The predicted octanol–water partition coefficient (Wildman–Crippen LogP) is 7.85. The summed E-state index contributed by atoms with van der Waals surface area (Å²) in [6.45, 7) is 13.0. The van der Waals surface area contributed by atoms with Crippen LogP contribution in [0.25, 0.3) is 0 Å². The lowest BCUT2D eigenvalue weighted by Crippen LogP contribution is -2.52. The third-order valence-electron chi connectivity index (χ3n) is 12.6. The highest BCUT2D eigenvalue weighted by Gasteiger charge is 2.68. The van der Waals surface area contributed by atoms with Crippen LogP contribution in [0.15, 0.2) is 11.6 Å². The number of rotatable bonds is 5. The molecule has 4 aliphatic carbocycles. The number of carbonyl (C=O) groups is 1. The van der Waals surface area contributed by atoms with Gasteiger partial charge in [0.15, 0.2) is 5.79 Å². The molecule has 6 aliphatic rings. The molecule has 0 radical (unpaired) electrons. The lowest BCUT2D eigenvalue weighted by atomic mass is 9.47. The second kappa shape index (κ2) is 9.65. The van der Waals surface area contributed by atoms with E-state index in [0.29, 0.717) is 35.7 Å². The van der Waals surface area contributed by atoms with Gasteiger partial charge in [0.25, 0.3) is 0 Å². The van der Waals surface area contributed by atoms with Crippen LogP contribution in [0.2, 0.25) is 0 Å². The van der Waals surface area contributed by atoms with Crippen LogP contribution in [0.3, 0.4) is 0 Å². The van der Waals surface area contributed by atoms with Crippen molar-refractivity contribution in [2.75, 3.05) is 6.61 Å². The largest absolute Gasteiger partial charge is 0.462 e. The molecular formula is C33H52O4. The molecule has 4 nitrogen and oxygen atoms in total. The number of hydrogen-bond acceptors (Lipinski definition) is 4. The van der Waals surface area contributed by atoms with Crippen LogP contribution < -0.4 is 0 Å². The standard InChI is InChI=1S/C33H52O4/c1-6-7-8-9-29(34)36-24-13-15-31(4)23(18-24)10-11-25-26(31)14-16-32(5)27(25)19-28-30(32)22(3)33(37-28)17-12-21(2)20-35-33/h10,21-22,24-28,30H,6-9,11-20H2,1-5H3/t21-,22-,24-,25+,26-,27+,28+,30-,31-,32-,33+/m0/s1. The highest BCUT2D eigenvalue weighted by atomic mass is 16.7. The van der Waals surface area contributed by atoms with Gasteiger partial charge in [-0.15, -0.1) is 0 Å². The summed E-state index contributed by atoms with van der Waals surface area (Å²) in [6.07, 6.45) is 17.4. The van der Waals surface area contributed by atoms with Crippen molar-refractivity contribution in [2.45, 2.75) is 136 Å². The topological polar surface area (TPSA) is 44.8 Å². The zero-order chi connectivity index (χ0) is 26.0. The van der Waals surface area contributed by atoms with Crippen molar-refractivity contribution in [1.29, 1.82) is 0 Å². The summed E-state index contributed by atoms with van der Waals surface area (Å²) in [5.41, 5.74) is 2.25. The van der Waals surface area contributed by atoms with Crippen molar-refractivity contribution < 1.29 is 19.0 Å². The van der Waals surface area contributed by atoms with E-state index in [1.165, 1.54) is 38.5 Å². The average molecular weight is 513 g/mol. The maximum absolute atomic E-state index is 12.4. The molecule has 2 saturated heterocycles. The molecule has 5 fully saturated rings. The van der Waals surface area contributed by atoms with Crippen LogP contribution >= 0.6 is 0 Å². The number of allylic oxidation sites excluding steroid dienone is 1. The molecular weight excluding hydrogens is 460 g/mol. The van der Waals surface area contributed by atoms with Crippen LogP contribution in [0, 0.1) is 46.3 Å². The summed E-state index contributed by atoms with van der Waals surface area (Å²) in [7, 11) is 0. The number of unbranched alkanes of at least 4 members (excludes halogenated alkanes) is 2. The minimum atomic E-state index is -0.315. The fourth-order valence-corrected chi connectivity index (χ4v) is 10.5.